The standard InChI is InChI=1S/C24H34N6O5S/c1-14-18(19(32)33)36-22(26-14)29-21-27-16(13-17(28-21)30-11-5-15(31)6-12-30)24(7-9-25-10-8-24)20(34)35-23(2,3)4/h13,15,25,31H,5-12H2,1-4H3,(H,32,33)(H,26,27,28,29). The number of carbonyl (C=O) groups is 2. The van der Waals surface area contributed by atoms with Crippen LogP contribution in [0.3, 0.4) is 0 Å². The number of aromatic carboxylic acids is 1. The molecular formula is C24H34N6O5S. The number of carboxylic acids is 1. The van der Waals surface area contributed by atoms with Crippen LogP contribution in [-0.4, -0.2) is 75.0 Å². The third kappa shape index (κ3) is 5.76. The summed E-state index contributed by atoms with van der Waals surface area (Å²) >= 11 is 1.01. The molecule has 2 fully saturated rings. The highest BCUT2D eigenvalue weighted by Gasteiger charge is 2.46. The smallest absolute Gasteiger partial charge is 0.347 e. The van der Waals surface area contributed by atoms with Crippen molar-refractivity contribution >= 4 is 40.2 Å². The molecule has 2 aromatic heterocycles. The van der Waals surface area contributed by atoms with Crippen molar-refractivity contribution in [3.63, 3.8) is 0 Å². The summed E-state index contributed by atoms with van der Waals surface area (Å²) in [6, 6.07) is 1.86. The van der Waals surface area contributed by atoms with Gasteiger partial charge in [-0.25, -0.2) is 14.8 Å². The maximum atomic E-state index is 13.6. The maximum absolute atomic E-state index is 13.6. The fraction of sp³-hybridized carbons (Fsp3) is 0.625. The molecule has 11 nitrogen and oxygen atoms in total. The number of aryl methyl sites for hydroxylation is 1. The highest BCUT2D eigenvalue weighted by atomic mass is 32.1. The Morgan fingerprint density at radius 1 is 1.19 bits per heavy atom. The number of ether oxygens (including phenoxy) is 1. The first-order chi connectivity index (χ1) is 17.0. The van der Waals surface area contributed by atoms with Crippen molar-refractivity contribution in [3.05, 3.63) is 22.3 Å². The molecule has 4 N–H and O–H groups in total. The van der Waals surface area contributed by atoms with Gasteiger partial charge in [-0.2, -0.15) is 4.98 Å². The fourth-order valence-corrected chi connectivity index (χ4v) is 5.33. The Kier molecular flexibility index (Phi) is 7.48. The van der Waals surface area contributed by atoms with Gasteiger partial charge in [0, 0.05) is 19.2 Å². The van der Waals surface area contributed by atoms with E-state index >= 15 is 0 Å². The second-order valence-corrected chi connectivity index (χ2v) is 11.3. The number of nitrogens with zero attached hydrogens (tertiary/aromatic N) is 4. The van der Waals surface area contributed by atoms with Crippen molar-refractivity contribution < 1.29 is 24.5 Å². The molecule has 0 aromatic carbocycles. The van der Waals surface area contributed by atoms with E-state index in [0.717, 1.165) is 11.3 Å². The molecule has 0 amide bonds. The zero-order valence-electron chi connectivity index (χ0n) is 21.1. The van der Waals surface area contributed by atoms with Crippen LogP contribution in [0.15, 0.2) is 6.07 Å². The number of aromatic nitrogens is 3. The van der Waals surface area contributed by atoms with Crippen LogP contribution in [0, 0.1) is 6.92 Å². The van der Waals surface area contributed by atoms with E-state index in [-0.39, 0.29) is 22.9 Å². The normalized spacial score (nSPS) is 18.6. The predicted octanol–water partition coefficient (Wildman–Crippen LogP) is 2.61. The SMILES string of the molecule is Cc1nc(Nc2nc(N3CCC(O)CC3)cc(C3(C(=O)OC(C)(C)C)CCNCC3)n2)sc1C(=O)O. The number of anilines is 3. The van der Waals surface area contributed by atoms with E-state index in [1.54, 1.807) is 6.92 Å². The molecule has 2 aromatic rings. The molecule has 0 aliphatic carbocycles. The summed E-state index contributed by atoms with van der Waals surface area (Å²) in [6.45, 7) is 9.72. The summed E-state index contributed by atoms with van der Waals surface area (Å²) in [5, 5.41) is 26.1. The van der Waals surface area contributed by atoms with Gasteiger partial charge in [-0.05, 0) is 66.5 Å². The Bertz CT molecular complexity index is 1120. The van der Waals surface area contributed by atoms with Gasteiger partial charge < -0.3 is 25.2 Å². The number of carboxylic acid groups (broad SMARTS) is 1. The minimum atomic E-state index is -1.04. The number of esters is 1. The van der Waals surface area contributed by atoms with Crippen LogP contribution in [0.5, 0.6) is 0 Å². The van der Waals surface area contributed by atoms with Crippen LogP contribution >= 0.6 is 11.3 Å². The van der Waals surface area contributed by atoms with Crippen LogP contribution < -0.4 is 15.5 Å². The molecule has 0 spiro atoms. The van der Waals surface area contributed by atoms with E-state index in [1.807, 2.05) is 26.8 Å². The molecule has 12 heteroatoms. The second-order valence-electron chi connectivity index (χ2n) is 10.4. The van der Waals surface area contributed by atoms with Crippen molar-refractivity contribution in [1.29, 1.82) is 0 Å². The molecule has 0 saturated carbocycles. The lowest BCUT2D eigenvalue weighted by atomic mass is 9.75. The quantitative estimate of drug-likeness (QED) is 0.418. The van der Waals surface area contributed by atoms with E-state index in [4.69, 9.17) is 14.7 Å². The number of carbonyl (C=O) groups excluding carboxylic acids is 1. The van der Waals surface area contributed by atoms with Gasteiger partial charge in [-0.1, -0.05) is 11.3 Å². The van der Waals surface area contributed by atoms with Gasteiger partial charge >= 0.3 is 11.9 Å². The van der Waals surface area contributed by atoms with Crippen molar-refractivity contribution in [3.8, 4) is 0 Å². The molecule has 0 bridgehead atoms. The first-order valence-electron chi connectivity index (χ1n) is 12.2. The summed E-state index contributed by atoms with van der Waals surface area (Å²) in [5.41, 5.74) is -0.642. The lowest BCUT2D eigenvalue weighted by molar-refractivity contribution is -0.163. The number of rotatable bonds is 6. The Balaban J connectivity index is 1.77. The minimum Gasteiger partial charge on any atom is -0.477 e. The van der Waals surface area contributed by atoms with E-state index in [2.05, 4.69) is 20.5 Å². The molecule has 0 unspecified atom stereocenters. The molecule has 4 rings (SSSR count). The molecule has 2 aliphatic rings. The third-order valence-corrected chi connectivity index (χ3v) is 7.51. The molecule has 2 aliphatic heterocycles. The molecule has 4 heterocycles. The number of aliphatic hydroxyl groups excluding tert-OH is 1. The van der Waals surface area contributed by atoms with Gasteiger partial charge in [0.2, 0.25) is 5.95 Å². The summed E-state index contributed by atoms with van der Waals surface area (Å²) < 4.78 is 5.87. The van der Waals surface area contributed by atoms with Gasteiger partial charge in [0.25, 0.3) is 0 Å². The average Bonchev–Trinajstić information content (AvgIpc) is 3.18. The lowest BCUT2D eigenvalue weighted by Crippen LogP contribution is -2.49. The van der Waals surface area contributed by atoms with E-state index in [1.165, 1.54) is 0 Å². The average molecular weight is 519 g/mol. The van der Waals surface area contributed by atoms with Crippen LogP contribution in [-0.2, 0) is 14.9 Å². The Morgan fingerprint density at radius 2 is 1.86 bits per heavy atom. The fourth-order valence-electron chi connectivity index (χ4n) is 4.53. The first-order valence-corrected chi connectivity index (χ1v) is 13.0. The number of hydrogen-bond acceptors (Lipinski definition) is 11. The largest absolute Gasteiger partial charge is 0.477 e. The summed E-state index contributed by atoms with van der Waals surface area (Å²) in [4.78, 5) is 41.1. The van der Waals surface area contributed by atoms with Crippen LogP contribution in [0.25, 0.3) is 0 Å². The van der Waals surface area contributed by atoms with Gasteiger partial charge in [-0.15, -0.1) is 0 Å². The van der Waals surface area contributed by atoms with Crippen LogP contribution in [0.2, 0.25) is 0 Å². The van der Waals surface area contributed by atoms with Gasteiger partial charge in [0.1, 0.15) is 21.7 Å². The predicted molar refractivity (Wildman–Crippen MR) is 136 cm³/mol. The summed E-state index contributed by atoms with van der Waals surface area (Å²) in [6.07, 6.45) is 1.95. The topological polar surface area (TPSA) is 150 Å². The Labute approximate surface area is 214 Å². The Morgan fingerprint density at radius 3 is 2.44 bits per heavy atom. The molecule has 2 saturated heterocycles. The van der Waals surface area contributed by atoms with Crippen LogP contribution in [0.4, 0.5) is 16.9 Å². The molecular weight excluding hydrogens is 484 g/mol. The zero-order valence-corrected chi connectivity index (χ0v) is 21.9. The zero-order chi connectivity index (χ0) is 26.1. The van der Waals surface area contributed by atoms with Crippen molar-refractivity contribution in [2.24, 2.45) is 0 Å². The maximum Gasteiger partial charge on any atom is 0.347 e. The van der Waals surface area contributed by atoms with Gasteiger partial charge in [-0.3, -0.25) is 10.1 Å². The van der Waals surface area contributed by atoms with E-state index < -0.39 is 17.0 Å². The Hall–Kier alpha value is -2.83. The highest BCUT2D eigenvalue weighted by Crippen LogP contribution is 2.38. The molecule has 196 valence electrons. The number of piperidine rings is 2. The van der Waals surface area contributed by atoms with Gasteiger partial charge in [0.15, 0.2) is 5.13 Å². The van der Waals surface area contributed by atoms with E-state index in [9.17, 15) is 19.8 Å². The molecule has 0 atom stereocenters. The minimum absolute atomic E-state index is 0.141. The highest BCUT2D eigenvalue weighted by molar-refractivity contribution is 7.17. The van der Waals surface area contributed by atoms with Crippen LogP contribution in [0.1, 0.15) is 67.5 Å². The van der Waals surface area contributed by atoms with Crippen molar-refractivity contribution in [1.82, 2.24) is 20.3 Å². The first kappa shape index (κ1) is 26.2. The van der Waals surface area contributed by atoms with Crippen molar-refractivity contribution in [2.45, 2.75) is 70.5 Å². The second kappa shape index (κ2) is 10.3. The summed E-state index contributed by atoms with van der Waals surface area (Å²) in [7, 11) is 0. The number of nitrogens with one attached hydrogen (secondary N) is 2. The molecule has 36 heavy (non-hydrogen) atoms. The molecule has 0 radical (unpaired) electrons. The lowest BCUT2D eigenvalue weighted by Gasteiger charge is -2.38. The number of aliphatic hydroxyl groups is 1. The van der Waals surface area contributed by atoms with Crippen molar-refractivity contribution in [2.75, 3.05) is 36.4 Å². The third-order valence-electron chi connectivity index (χ3n) is 6.45. The number of thiazole rings is 1. The monoisotopic (exact) mass is 518 g/mol. The van der Waals surface area contributed by atoms with Gasteiger partial charge in [0.05, 0.1) is 17.5 Å². The summed E-state index contributed by atoms with van der Waals surface area (Å²) in [5.74, 6) is -0.485. The number of hydrogen-bond donors (Lipinski definition) is 4. The van der Waals surface area contributed by atoms with E-state index in [0.29, 0.717) is 74.2 Å².